The largest absolute Gasteiger partial charge is 0.465 e. The fraction of sp³-hybridized carbons (Fsp3) is 0.529. The minimum atomic E-state index is -3.49. The van der Waals surface area contributed by atoms with Gasteiger partial charge in [-0.1, -0.05) is 18.6 Å². The van der Waals surface area contributed by atoms with Crippen molar-refractivity contribution in [2.24, 2.45) is 10.9 Å². The second kappa shape index (κ2) is 7.74. The number of amidine groups is 1. The van der Waals surface area contributed by atoms with Crippen LogP contribution in [0.4, 0.5) is 0 Å². The molecule has 9 heteroatoms. The van der Waals surface area contributed by atoms with Gasteiger partial charge in [-0.3, -0.25) is 14.5 Å². The Hall–Kier alpha value is -1.31. The summed E-state index contributed by atoms with van der Waals surface area (Å²) in [4.78, 5) is 16.2. The molecule has 142 valence electrons. The average molecular weight is 419 g/mol. The number of alkyl halides is 2. The summed E-state index contributed by atoms with van der Waals surface area (Å²) in [6.07, 6.45) is 3.27. The monoisotopic (exact) mass is 418 g/mol. The topological polar surface area (TPSA) is 84.8 Å². The molecule has 1 aromatic rings. The highest BCUT2D eigenvalue weighted by molar-refractivity contribution is 7.90. The SMILES string of the molecule is O=C(CCCCCN=C1NS(=O)(=O)c2ccccc21)OC[C@@H]1CC1(Cl)Cl. The molecule has 1 aliphatic heterocycles. The lowest BCUT2D eigenvalue weighted by molar-refractivity contribution is -0.144. The predicted molar refractivity (Wildman–Crippen MR) is 100 cm³/mol. The molecular formula is C17H20Cl2N2O4S. The number of benzene rings is 1. The molecular weight excluding hydrogens is 399 g/mol. The Morgan fingerprint density at radius 3 is 2.73 bits per heavy atom. The number of carbonyl (C=O) groups is 1. The normalized spacial score (nSPS) is 23.3. The van der Waals surface area contributed by atoms with Crippen molar-refractivity contribution in [2.75, 3.05) is 13.2 Å². The van der Waals surface area contributed by atoms with Crippen LogP contribution in [-0.2, 0) is 19.6 Å². The summed E-state index contributed by atoms with van der Waals surface area (Å²) >= 11 is 11.7. The van der Waals surface area contributed by atoms with Crippen molar-refractivity contribution < 1.29 is 17.9 Å². The van der Waals surface area contributed by atoms with Gasteiger partial charge in [0.25, 0.3) is 10.0 Å². The molecule has 0 unspecified atom stereocenters. The third-order valence-corrected chi connectivity index (χ3v) is 6.70. The quantitative estimate of drug-likeness (QED) is 0.399. The van der Waals surface area contributed by atoms with Gasteiger partial charge in [0.2, 0.25) is 0 Å². The summed E-state index contributed by atoms with van der Waals surface area (Å²) in [7, 11) is -3.49. The number of rotatable bonds is 8. The number of halogens is 2. The Morgan fingerprint density at radius 2 is 2.00 bits per heavy atom. The molecule has 1 saturated carbocycles. The number of fused-ring (bicyclic) bond motifs is 1. The van der Waals surface area contributed by atoms with Crippen molar-refractivity contribution in [1.82, 2.24) is 4.72 Å². The third kappa shape index (κ3) is 4.69. The first-order valence-electron chi connectivity index (χ1n) is 8.50. The maximum atomic E-state index is 12.0. The van der Waals surface area contributed by atoms with Crippen LogP contribution in [0.5, 0.6) is 0 Å². The molecule has 1 aliphatic carbocycles. The third-order valence-electron chi connectivity index (χ3n) is 4.37. The summed E-state index contributed by atoms with van der Waals surface area (Å²) in [5.41, 5.74) is 0.603. The van der Waals surface area contributed by atoms with Gasteiger partial charge in [-0.15, -0.1) is 23.2 Å². The fourth-order valence-corrected chi connectivity index (χ4v) is 4.47. The van der Waals surface area contributed by atoms with Gasteiger partial charge >= 0.3 is 5.97 Å². The molecule has 3 rings (SSSR count). The second-order valence-electron chi connectivity index (χ2n) is 6.49. The minimum Gasteiger partial charge on any atom is -0.465 e. The summed E-state index contributed by atoms with van der Waals surface area (Å²) in [5, 5.41) is 0. The summed E-state index contributed by atoms with van der Waals surface area (Å²) in [5.74, 6) is 0.184. The van der Waals surface area contributed by atoms with Crippen LogP contribution in [0.1, 0.15) is 37.7 Å². The number of carbonyl (C=O) groups excluding carboxylic acids is 1. The first kappa shape index (κ1) is 19.5. The summed E-state index contributed by atoms with van der Waals surface area (Å²) < 4.78 is 30.8. The minimum absolute atomic E-state index is 0.0451. The number of esters is 1. The zero-order valence-electron chi connectivity index (χ0n) is 14.1. The highest BCUT2D eigenvalue weighted by Crippen LogP contribution is 2.53. The van der Waals surface area contributed by atoms with Crippen molar-refractivity contribution in [3.05, 3.63) is 29.8 Å². The van der Waals surface area contributed by atoms with E-state index in [1.807, 2.05) is 0 Å². The van der Waals surface area contributed by atoms with Crippen molar-refractivity contribution in [1.29, 1.82) is 0 Å². The van der Waals surface area contributed by atoms with Crippen molar-refractivity contribution >= 4 is 45.0 Å². The molecule has 0 bridgehead atoms. The van der Waals surface area contributed by atoms with E-state index in [0.717, 1.165) is 12.8 Å². The maximum absolute atomic E-state index is 12.0. The fourth-order valence-electron chi connectivity index (χ4n) is 2.72. The van der Waals surface area contributed by atoms with Gasteiger partial charge in [0.05, 0.1) is 11.5 Å². The van der Waals surface area contributed by atoms with E-state index in [-0.39, 0.29) is 23.4 Å². The van der Waals surface area contributed by atoms with Crippen LogP contribution in [0.3, 0.4) is 0 Å². The molecule has 1 aromatic carbocycles. The molecule has 0 radical (unpaired) electrons. The smallest absolute Gasteiger partial charge is 0.305 e. The molecule has 2 aliphatic rings. The van der Waals surface area contributed by atoms with E-state index in [0.29, 0.717) is 37.2 Å². The average Bonchev–Trinajstić information content (AvgIpc) is 3.12. The standard InChI is InChI=1S/C17H20Cl2N2O4S/c18-17(19)10-12(17)11-25-15(22)8-2-1-5-9-20-16-13-6-3-4-7-14(13)26(23,24)21-16/h3-4,6-7,12H,1-2,5,8-11H2,(H,20,21)/t12-/m0/s1. The first-order valence-corrected chi connectivity index (χ1v) is 10.7. The Bertz CT molecular complexity index is 824. The predicted octanol–water partition coefficient (Wildman–Crippen LogP) is 3.02. The molecule has 1 N–H and O–H groups in total. The number of sulfonamides is 1. The van der Waals surface area contributed by atoms with E-state index in [2.05, 4.69) is 9.71 Å². The highest BCUT2D eigenvalue weighted by Gasteiger charge is 2.52. The zero-order chi connectivity index (χ0) is 18.8. The number of hydrogen-bond donors (Lipinski definition) is 1. The summed E-state index contributed by atoms with van der Waals surface area (Å²) in [6.45, 7) is 0.767. The Labute approximate surface area is 163 Å². The molecule has 0 amide bonds. The number of hydrogen-bond acceptors (Lipinski definition) is 5. The van der Waals surface area contributed by atoms with E-state index in [9.17, 15) is 13.2 Å². The van der Waals surface area contributed by atoms with Crippen LogP contribution in [0.15, 0.2) is 34.2 Å². The van der Waals surface area contributed by atoms with Crippen molar-refractivity contribution in [3.63, 3.8) is 0 Å². The molecule has 0 spiro atoms. The van der Waals surface area contributed by atoms with Crippen LogP contribution < -0.4 is 4.72 Å². The number of nitrogens with one attached hydrogen (secondary N) is 1. The van der Waals surface area contributed by atoms with Gasteiger partial charge < -0.3 is 4.74 Å². The lowest BCUT2D eigenvalue weighted by Gasteiger charge is -2.04. The van der Waals surface area contributed by atoms with Gasteiger partial charge in [-0.05, 0) is 31.4 Å². The van der Waals surface area contributed by atoms with Gasteiger partial charge in [0, 0.05) is 24.4 Å². The second-order valence-corrected chi connectivity index (χ2v) is 9.68. The van der Waals surface area contributed by atoms with Gasteiger partial charge in [-0.25, -0.2) is 8.42 Å². The number of aliphatic imine (C=N–C) groups is 1. The molecule has 26 heavy (non-hydrogen) atoms. The van der Waals surface area contributed by atoms with Crippen molar-refractivity contribution in [3.8, 4) is 0 Å². The summed E-state index contributed by atoms with van der Waals surface area (Å²) in [6, 6.07) is 6.76. The van der Waals surface area contributed by atoms with Crippen LogP contribution in [0.2, 0.25) is 0 Å². The molecule has 1 fully saturated rings. The lowest BCUT2D eigenvalue weighted by Crippen LogP contribution is -2.22. The van der Waals surface area contributed by atoms with E-state index in [4.69, 9.17) is 27.9 Å². The maximum Gasteiger partial charge on any atom is 0.305 e. The van der Waals surface area contributed by atoms with Crippen LogP contribution in [0, 0.1) is 5.92 Å². The molecule has 1 atom stereocenters. The van der Waals surface area contributed by atoms with Crippen LogP contribution in [0.25, 0.3) is 0 Å². The van der Waals surface area contributed by atoms with E-state index in [1.54, 1.807) is 24.3 Å². The first-order chi connectivity index (χ1) is 12.3. The van der Waals surface area contributed by atoms with Gasteiger partial charge in [-0.2, -0.15) is 0 Å². The molecule has 0 saturated heterocycles. The van der Waals surface area contributed by atoms with Gasteiger partial charge in [0.15, 0.2) is 0 Å². The van der Waals surface area contributed by atoms with Crippen LogP contribution >= 0.6 is 23.2 Å². The Morgan fingerprint density at radius 1 is 1.27 bits per heavy atom. The number of nitrogens with zero attached hydrogens (tertiary/aromatic N) is 1. The number of ether oxygens (including phenoxy) is 1. The number of unbranched alkanes of at least 4 members (excludes halogenated alkanes) is 2. The Kier molecular flexibility index (Phi) is 5.79. The van der Waals surface area contributed by atoms with E-state index >= 15 is 0 Å². The lowest BCUT2D eigenvalue weighted by atomic mass is 10.2. The molecule has 1 heterocycles. The van der Waals surface area contributed by atoms with Gasteiger partial charge in [0.1, 0.15) is 10.2 Å². The van der Waals surface area contributed by atoms with E-state index < -0.39 is 14.4 Å². The zero-order valence-corrected chi connectivity index (χ0v) is 16.4. The van der Waals surface area contributed by atoms with E-state index in [1.165, 1.54) is 0 Å². The van der Waals surface area contributed by atoms with Crippen LogP contribution in [-0.4, -0.2) is 37.7 Å². The highest BCUT2D eigenvalue weighted by atomic mass is 35.5. The van der Waals surface area contributed by atoms with Crippen molar-refractivity contribution in [2.45, 2.75) is 41.3 Å². The molecule has 0 aromatic heterocycles. The Balaban J connectivity index is 1.35. The molecule has 6 nitrogen and oxygen atoms in total.